The van der Waals surface area contributed by atoms with Crippen LogP contribution in [-0.2, 0) is 16.1 Å². The van der Waals surface area contributed by atoms with Crippen LogP contribution >= 0.6 is 0 Å². The number of nitrogens with zero attached hydrogens (tertiary/aromatic N) is 3. The molecule has 7 nitrogen and oxygen atoms in total. The summed E-state index contributed by atoms with van der Waals surface area (Å²) in [5.41, 5.74) is 1.31. The number of hydrogen-bond donors (Lipinski definition) is 1. The predicted molar refractivity (Wildman–Crippen MR) is 131 cm³/mol. The number of piperazine rings is 1. The molecule has 7 heteroatoms. The molecular formula is C27H34N4O3. The van der Waals surface area contributed by atoms with Gasteiger partial charge in [-0.3, -0.25) is 19.3 Å². The van der Waals surface area contributed by atoms with E-state index in [0.29, 0.717) is 57.7 Å². The number of likely N-dealkylation sites (N-methyl/N-ethyl adjacent to an activating group) is 1. The van der Waals surface area contributed by atoms with E-state index in [1.807, 2.05) is 65.3 Å². The summed E-state index contributed by atoms with van der Waals surface area (Å²) in [5, 5.41) is 2.77. The van der Waals surface area contributed by atoms with Crippen LogP contribution in [0, 0.1) is 5.41 Å². The van der Waals surface area contributed by atoms with E-state index >= 15 is 0 Å². The van der Waals surface area contributed by atoms with Gasteiger partial charge in [-0.15, -0.1) is 0 Å². The number of carbonyl (C=O) groups is 3. The molecule has 2 heterocycles. The Labute approximate surface area is 201 Å². The second-order valence-electron chi connectivity index (χ2n) is 9.56. The molecule has 2 aromatic carbocycles. The Bertz CT molecular complexity index is 1000. The summed E-state index contributed by atoms with van der Waals surface area (Å²) in [6, 6.07) is 19.0. The summed E-state index contributed by atoms with van der Waals surface area (Å²) < 4.78 is 0. The molecule has 0 bridgehead atoms. The minimum Gasteiger partial charge on any atom is -0.358 e. The van der Waals surface area contributed by atoms with E-state index in [2.05, 4.69) is 22.3 Å². The standard InChI is InChI=1S/C27H34N4O3/c1-27(13-15-29(16-14-27)25(33)22-11-7-4-8-12-22)26(34)31-18-17-30(23(20-31)24(32)28-2)19-21-9-5-3-6-10-21/h3-12,23H,13-20H2,1-2H3,(H,28,32). The minimum atomic E-state index is -0.525. The van der Waals surface area contributed by atoms with E-state index < -0.39 is 5.41 Å². The zero-order valence-electron chi connectivity index (χ0n) is 20.1. The number of piperidine rings is 1. The fraction of sp³-hybridized carbons (Fsp3) is 0.444. The van der Waals surface area contributed by atoms with Crippen LogP contribution in [-0.4, -0.2) is 78.2 Å². The first kappa shape index (κ1) is 24.0. The summed E-state index contributed by atoms with van der Waals surface area (Å²) >= 11 is 0. The van der Waals surface area contributed by atoms with Crippen molar-refractivity contribution in [2.24, 2.45) is 5.41 Å². The Morgan fingerprint density at radius 1 is 0.882 bits per heavy atom. The van der Waals surface area contributed by atoms with Crippen molar-refractivity contribution in [1.29, 1.82) is 0 Å². The first-order valence-corrected chi connectivity index (χ1v) is 12.0. The molecule has 2 saturated heterocycles. The Morgan fingerprint density at radius 3 is 2.12 bits per heavy atom. The molecule has 0 radical (unpaired) electrons. The molecular weight excluding hydrogens is 428 g/mol. The zero-order valence-corrected chi connectivity index (χ0v) is 20.1. The van der Waals surface area contributed by atoms with Crippen molar-refractivity contribution < 1.29 is 14.4 Å². The van der Waals surface area contributed by atoms with Gasteiger partial charge < -0.3 is 15.1 Å². The van der Waals surface area contributed by atoms with Crippen LogP contribution in [0.1, 0.15) is 35.7 Å². The summed E-state index contributed by atoms with van der Waals surface area (Å²) in [6.07, 6.45) is 1.25. The molecule has 2 aromatic rings. The van der Waals surface area contributed by atoms with Crippen LogP contribution in [0.5, 0.6) is 0 Å². The molecule has 0 aromatic heterocycles. The number of benzene rings is 2. The van der Waals surface area contributed by atoms with Gasteiger partial charge in [-0.2, -0.15) is 0 Å². The number of hydrogen-bond acceptors (Lipinski definition) is 4. The van der Waals surface area contributed by atoms with Crippen LogP contribution in [0.15, 0.2) is 60.7 Å². The molecule has 4 rings (SSSR count). The smallest absolute Gasteiger partial charge is 0.253 e. The lowest BCUT2D eigenvalue weighted by atomic mass is 9.78. The Morgan fingerprint density at radius 2 is 1.50 bits per heavy atom. The fourth-order valence-electron chi connectivity index (χ4n) is 4.99. The van der Waals surface area contributed by atoms with Gasteiger partial charge in [0, 0.05) is 57.3 Å². The molecule has 1 unspecified atom stereocenters. The number of amides is 3. The second kappa shape index (κ2) is 10.4. The lowest BCUT2D eigenvalue weighted by Gasteiger charge is -2.45. The van der Waals surface area contributed by atoms with Crippen LogP contribution in [0.2, 0.25) is 0 Å². The molecule has 0 aliphatic carbocycles. The van der Waals surface area contributed by atoms with Crippen molar-refractivity contribution in [3.8, 4) is 0 Å². The molecule has 0 spiro atoms. The number of nitrogens with one attached hydrogen (secondary N) is 1. The van der Waals surface area contributed by atoms with E-state index in [1.54, 1.807) is 7.05 Å². The van der Waals surface area contributed by atoms with Crippen molar-refractivity contribution in [3.63, 3.8) is 0 Å². The number of likely N-dealkylation sites (tertiary alicyclic amines) is 1. The highest BCUT2D eigenvalue weighted by atomic mass is 16.2. The monoisotopic (exact) mass is 462 g/mol. The predicted octanol–water partition coefficient (Wildman–Crippen LogP) is 2.39. The third kappa shape index (κ3) is 5.14. The Balaban J connectivity index is 1.39. The van der Waals surface area contributed by atoms with Gasteiger partial charge in [0.25, 0.3) is 5.91 Å². The highest BCUT2D eigenvalue weighted by Crippen LogP contribution is 2.34. The summed E-state index contributed by atoms with van der Waals surface area (Å²) in [5.74, 6) is 0.0405. The fourth-order valence-corrected chi connectivity index (χ4v) is 4.99. The lowest BCUT2D eigenvalue weighted by molar-refractivity contribution is -0.148. The molecule has 1 N–H and O–H groups in total. The highest BCUT2D eigenvalue weighted by Gasteiger charge is 2.43. The zero-order chi connectivity index (χ0) is 24.1. The quantitative estimate of drug-likeness (QED) is 0.741. The third-order valence-electron chi connectivity index (χ3n) is 7.25. The SMILES string of the molecule is CNC(=O)C1CN(C(=O)C2(C)CCN(C(=O)c3ccccc3)CC2)CCN1Cc1ccccc1. The maximum Gasteiger partial charge on any atom is 0.253 e. The van der Waals surface area contributed by atoms with Crippen LogP contribution in [0.4, 0.5) is 0 Å². The van der Waals surface area contributed by atoms with Gasteiger partial charge in [0.2, 0.25) is 11.8 Å². The average Bonchev–Trinajstić information content (AvgIpc) is 2.89. The van der Waals surface area contributed by atoms with Gasteiger partial charge in [0.1, 0.15) is 6.04 Å². The molecule has 3 amide bonds. The molecule has 180 valence electrons. The van der Waals surface area contributed by atoms with E-state index in [0.717, 1.165) is 5.56 Å². The van der Waals surface area contributed by atoms with Gasteiger partial charge in [-0.05, 0) is 30.5 Å². The Kier molecular flexibility index (Phi) is 7.32. The summed E-state index contributed by atoms with van der Waals surface area (Å²) in [7, 11) is 1.64. The van der Waals surface area contributed by atoms with Crippen molar-refractivity contribution in [2.75, 3.05) is 39.8 Å². The molecule has 2 aliphatic heterocycles. The van der Waals surface area contributed by atoms with Gasteiger partial charge in [-0.25, -0.2) is 0 Å². The normalized spacial score (nSPS) is 20.6. The second-order valence-corrected chi connectivity index (χ2v) is 9.56. The van der Waals surface area contributed by atoms with E-state index in [1.165, 1.54) is 0 Å². The molecule has 34 heavy (non-hydrogen) atoms. The summed E-state index contributed by atoms with van der Waals surface area (Å²) in [4.78, 5) is 45.0. The van der Waals surface area contributed by atoms with Crippen molar-refractivity contribution in [1.82, 2.24) is 20.0 Å². The van der Waals surface area contributed by atoms with E-state index in [4.69, 9.17) is 0 Å². The first-order valence-electron chi connectivity index (χ1n) is 12.0. The third-order valence-corrected chi connectivity index (χ3v) is 7.25. The highest BCUT2D eigenvalue weighted by molar-refractivity contribution is 5.94. The molecule has 2 fully saturated rings. The molecule has 2 aliphatic rings. The van der Waals surface area contributed by atoms with Crippen molar-refractivity contribution in [3.05, 3.63) is 71.8 Å². The van der Waals surface area contributed by atoms with Gasteiger partial charge in [0.05, 0.1) is 0 Å². The Hall–Kier alpha value is -3.19. The minimum absolute atomic E-state index is 0.0179. The van der Waals surface area contributed by atoms with Crippen LogP contribution < -0.4 is 5.32 Å². The van der Waals surface area contributed by atoms with Crippen LogP contribution in [0.3, 0.4) is 0 Å². The van der Waals surface area contributed by atoms with Crippen molar-refractivity contribution in [2.45, 2.75) is 32.4 Å². The first-order chi connectivity index (χ1) is 16.4. The number of rotatable bonds is 5. The van der Waals surface area contributed by atoms with E-state index in [9.17, 15) is 14.4 Å². The topological polar surface area (TPSA) is 73.0 Å². The van der Waals surface area contributed by atoms with Gasteiger partial charge >= 0.3 is 0 Å². The maximum absolute atomic E-state index is 13.6. The maximum atomic E-state index is 13.6. The largest absolute Gasteiger partial charge is 0.358 e. The average molecular weight is 463 g/mol. The van der Waals surface area contributed by atoms with Crippen molar-refractivity contribution >= 4 is 17.7 Å². The van der Waals surface area contributed by atoms with Gasteiger partial charge in [-0.1, -0.05) is 55.5 Å². The number of carbonyl (C=O) groups excluding carboxylic acids is 3. The van der Waals surface area contributed by atoms with E-state index in [-0.39, 0.29) is 23.8 Å². The van der Waals surface area contributed by atoms with Crippen LogP contribution in [0.25, 0.3) is 0 Å². The summed E-state index contributed by atoms with van der Waals surface area (Å²) in [6.45, 7) is 5.42. The van der Waals surface area contributed by atoms with Gasteiger partial charge in [0.15, 0.2) is 0 Å². The molecule has 0 saturated carbocycles. The molecule has 1 atom stereocenters. The lowest BCUT2D eigenvalue weighted by Crippen LogP contribution is -2.61.